The second kappa shape index (κ2) is 9.41. The minimum atomic E-state index is -0.580. The van der Waals surface area contributed by atoms with Crippen molar-refractivity contribution in [3.05, 3.63) is 53.4 Å². The Morgan fingerprint density at radius 1 is 1.23 bits per heavy atom. The maximum absolute atomic E-state index is 11.7. The van der Waals surface area contributed by atoms with Crippen molar-refractivity contribution in [3.63, 3.8) is 0 Å². The summed E-state index contributed by atoms with van der Waals surface area (Å²) in [6.07, 6.45) is 2.94. The van der Waals surface area contributed by atoms with Crippen LogP contribution in [0, 0.1) is 13.8 Å². The quantitative estimate of drug-likeness (QED) is 0.442. The third kappa shape index (κ3) is 5.77. The lowest BCUT2D eigenvalue weighted by atomic mass is 10.2. The van der Waals surface area contributed by atoms with Crippen LogP contribution in [0.25, 0.3) is 6.08 Å². The van der Waals surface area contributed by atoms with Crippen molar-refractivity contribution in [2.24, 2.45) is 7.05 Å². The highest BCUT2D eigenvalue weighted by molar-refractivity contribution is 5.89. The molecule has 0 aliphatic rings. The fourth-order valence-corrected chi connectivity index (χ4v) is 2.29. The van der Waals surface area contributed by atoms with Gasteiger partial charge in [-0.15, -0.1) is 0 Å². The summed E-state index contributed by atoms with van der Waals surface area (Å²) in [5, 5.41) is 6.89. The van der Waals surface area contributed by atoms with Gasteiger partial charge in [-0.25, -0.2) is 4.79 Å². The van der Waals surface area contributed by atoms with E-state index in [1.807, 2.05) is 51.2 Å². The van der Waals surface area contributed by atoms with Crippen molar-refractivity contribution in [1.82, 2.24) is 15.1 Å². The summed E-state index contributed by atoms with van der Waals surface area (Å²) in [5.74, 6) is -0.222. The molecule has 26 heavy (non-hydrogen) atoms. The molecule has 0 bridgehead atoms. The first kappa shape index (κ1) is 19.2. The number of aryl methyl sites for hydroxylation is 2. The van der Waals surface area contributed by atoms with Gasteiger partial charge in [0, 0.05) is 24.4 Å². The molecular weight excluding hydrogens is 334 g/mol. The predicted octanol–water partition coefficient (Wildman–Crippen LogP) is 1.79. The number of rotatable bonds is 8. The van der Waals surface area contributed by atoms with Gasteiger partial charge in [0.2, 0.25) is 0 Å². The van der Waals surface area contributed by atoms with E-state index in [4.69, 9.17) is 9.47 Å². The van der Waals surface area contributed by atoms with E-state index in [1.54, 1.807) is 10.8 Å². The molecule has 1 N–H and O–H groups in total. The second-order valence-corrected chi connectivity index (χ2v) is 5.66. The number of hydrogen-bond acceptors (Lipinski definition) is 5. The highest BCUT2D eigenvalue weighted by atomic mass is 16.5. The Hall–Kier alpha value is -3.09. The molecule has 2 aromatic rings. The van der Waals surface area contributed by atoms with Gasteiger partial charge in [-0.1, -0.05) is 18.2 Å². The van der Waals surface area contributed by atoms with Gasteiger partial charge in [0.25, 0.3) is 5.91 Å². The van der Waals surface area contributed by atoms with Crippen LogP contribution in [0.3, 0.4) is 0 Å². The van der Waals surface area contributed by atoms with E-state index < -0.39 is 5.97 Å². The highest BCUT2D eigenvalue weighted by Gasteiger charge is 2.08. The maximum Gasteiger partial charge on any atom is 0.331 e. The van der Waals surface area contributed by atoms with Gasteiger partial charge in [0.15, 0.2) is 6.61 Å². The molecule has 1 aromatic heterocycles. The number of amides is 1. The number of esters is 1. The number of nitrogens with zero attached hydrogens (tertiary/aromatic N) is 2. The highest BCUT2D eigenvalue weighted by Crippen LogP contribution is 2.13. The van der Waals surface area contributed by atoms with Gasteiger partial charge in [0.05, 0.1) is 12.2 Å². The molecule has 0 saturated carbocycles. The number of hydrogen-bond donors (Lipinski definition) is 1. The number of benzene rings is 1. The summed E-state index contributed by atoms with van der Waals surface area (Å²) in [6, 6.07) is 9.31. The van der Waals surface area contributed by atoms with E-state index in [1.165, 1.54) is 6.08 Å². The lowest BCUT2D eigenvalue weighted by molar-refractivity contribution is -0.143. The summed E-state index contributed by atoms with van der Waals surface area (Å²) in [6.45, 7) is 4.11. The Bertz CT molecular complexity index is 782. The summed E-state index contributed by atoms with van der Waals surface area (Å²) in [4.78, 5) is 23.4. The molecule has 138 valence electrons. The van der Waals surface area contributed by atoms with Crippen LogP contribution in [0.15, 0.2) is 36.4 Å². The Labute approximate surface area is 152 Å². The first-order valence-corrected chi connectivity index (χ1v) is 8.27. The number of para-hydroxylation sites is 1. The lowest BCUT2D eigenvalue weighted by Crippen LogP contribution is -2.31. The first-order chi connectivity index (χ1) is 12.5. The van der Waals surface area contributed by atoms with Crippen molar-refractivity contribution >= 4 is 18.0 Å². The molecule has 0 spiro atoms. The van der Waals surface area contributed by atoms with Gasteiger partial charge < -0.3 is 14.8 Å². The normalized spacial score (nSPS) is 10.7. The monoisotopic (exact) mass is 357 g/mol. The van der Waals surface area contributed by atoms with Crippen LogP contribution in [-0.2, 0) is 21.4 Å². The molecule has 1 aromatic carbocycles. The third-order valence-corrected chi connectivity index (χ3v) is 3.73. The van der Waals surface area contributed by atoms with Crippen LogP contribution in [0.5, 0.6) is 5.75 Å². The molecule has 0 saturated heterocycles. The minimum Gasteiger partial charge on any atom is -0.492 e. The Balaban J connectivity index is 1.66. The lowest BCUT2D eigenvalue weighted by Gasteiger charge is -2.07. The van der Waals surface area contributed by atoms with E-state index in [0.717, 1.165) is 22.7 Å². The zero-order valence-electron chi connectivity index (χ0n) is 15.2. The molecule has 0 fully saturated rings. The fraction of sp³-hybridized carbons (Fsp3) is 0.316. The molecule has 7 heteroatoms. The van der Waals surface area contributed by atoms with Crippen LogP contribution in [0.2, 0.25) is 0 Å². The number of nitrogens with one attached hydrogen (secondary N) is 1. The molecule has 7 nitrogen and oxygen atoms in total. The molecule has 0 atom stereocenters. The summed E-state index contributed by atoms with van der Waals surface area (Å²) in [7, 11) is 1.84. The fourth-order valence-electron chi connectivity index (χ4n) is 2.29. The zero-order valence-corrected chi connectivity index (χ0v) is 15.2. The summed E-state index contributed by atoms with van der Waals surface area (Å²) in [5.41, 5.74) is 2.64. The Kier molecular flexibility index (Phi) is 6.96. The first-order valence-electron chi connectivity index (χ1n) is 8.27. The zero-order chi connectivity index (χ0) is 18.9. The van der Waals surface area contributed by atoms with Crippen LogP contribution in [0.4, 0.5) is 0 Å². The summed E-state index contributed by atoms with van der Waals surface area (Å²) < 4.78 is 12.1. The van der Waals surface area contributed by atoms with E-state index in [2.05, 4.69) is 10.4 Å². The van der Waals surface area contributed by atoms with Crippen molar-refractivity contribution < 1.29 is 19.1 Å². The molecule has 0 aliphatic heterocycles. The van der Waals surface area contributed by atoms with Crippen LogP contribution in [0.1, 0.15) is 17.0 Å². The molecule has 1 amide bonds. The number of ether oxygens (including phenoxy) is 2. The van der Waals surface area contributed by atoms with Crippen molar-refractivity contribution in [1.29, 1.82) is 0 Å². The topological polar surface area (TPSA) is 82.5 Å². The van der Waals surface area contributed by atoms with Gasteiger partial charge >= 0.3 is 5.97 Å². The SMILES string of the molecule is Cc1nn(C)c(C)c1/C=C/C(=O)OCC(=O)NCCOc1ccccc1. The molecule has 0 unspecified atom stereocenters. The smallest absolute Gasteiger partial charge is 0.331 e. The number of aromatic nitrogens is 2. The van der Waals surface area contributed by atoms with Gasteiger partial charge in [0.1, 0.15) is 12.4 Å². The van der Waals surface area contributed by atoms with Crippen molar-refractivity contribution in [2.75, 3.05) is 19.8 Å². The predicted molar refractivity (Wildman–Crippen MR) is 97.6 cm³/mol. The van der Waals surface area contributed by atoms with Crippen molar-refractivity contribution in [3.8, 4) is 5.75 Å². The van der Waals surface area contributed by atoms with E-state index in [-0.39, 0.29) is 12.5 Å². The minimum absolute atomic E-state index is 0.329. The largest absolute Gasteiger partial charge is 0.492 e. The molecular formula is C19H23N3O4. The Morgan fingerprint density at radius 3 is 2.62 bits per heavy atom. The van der Waals surface area contributed by atoms with E-state index in [0.29, 0.717) is 13.2 Å². The standard InChI is InChI=1S/C19H23N3O4/c1-14-17(15(2)22(3)21-14)9-10-19(24)26-13-18(23)20-11-12-25-16-7-5-4-6-8-16/h4-10H,11-13H2,1-3H3,(H,20,23)/b10-9+. The van der Waals surface area contributed by atoms with Gasteiger partial charge in [-0.3, -0.25) is 9.48 Å². The van der Waals surface area contributed by atoms with Crippen molar-refractivity contribution in [2.45, 2.75) is 13.8 Å². The van der Waals surface area contributed by atoms with Crippen LogP contribution >= 0.6 is 0 Å². The average molecular weight is 357 g/mol. The number of carbonyl (C=O) groups excluding carboxylic acids is 2. The molecule has 1 heterocycles. The Morgan fingerprint density at radius 2 is 1.96 bits per heavy atom. The van der Waals surface area contributed by atoms with E-state index >= 15 is 0 Å². The number of carbonyl (C=O) groups is 2. The van der Waals surface area contributed by atoms with Gasteiger partial charge in [-0.2, -0.15) is 5.10 Å². The average Bonchev–Trinajstić information content (AvgIpc) is 2.88. The second-order valence-electron chi connectivity index (χ2n) is 5.66. The molecule has 2 rings (SSSR count). The molecule has 0 aliphatic carbocycles. The van der Waals surface area contributed by atoms with Crippen LogP contribution in [-0.4, -0.2) is 41.4 Å². The summed E-state index contributed by atoms with van der Waals surface area (Å²) >= 11 is 0. The van der Waals surface area contributed by atoms with Gasteiger partial charge in [-0.05, 0) is 32.1 Å². The maximum atomic E-state index is 11.7. The van der Waals surface area contributed by atoms with E-state index in [9.17, 15) is 9.59 Å². The third-order valence-electron chi connectivity index (χ3n) is 3.73. The van der Waals surface area contributed by atoms with Crippen LogP contribution < -0.4 is 10.1 Å². The molecule has 0 radical (unpaired) electrons.